The number of nitrogens with two attached hydrogens (primary N) is 1. The first kappa shape index (κ1) is 16.5. The van der Waals surface area contributed by atoms with Gasteiger partial charge in [0, 0.05) is 19.7 Å². The summed E-state index contributed by atoms with van der Waals surface area (Å²) in [5.74, 6) is 0.581. The minimum atomic E-state index is -0.153. The fourth-order valence-corrected chi connectivity index (χ4v) is 3.25. The van der Waals surface area contributed by atoms with Crippen LogP contribution >= 0.6 is 15.9 Å². The lowest BCUT2D eigenvalue weighted by atomic mass is 9.98. The molecular formula is C14H23BrN4O2. The highest BCUT2D eigenvalue weighted by Crippen LogP contribution is 2.29. The number of methoxy groups -OCH3 is 1. The normalized spacial score (nSPS) is 17.1. The molecule has 0 saturated heterocycles. The van der Waals surface area contributed by atoms with Crippen LogP contribution in [0.4, 0.5) is 5.69 Å². The fraction of sp³-hybridized carbons (Fsp3) is 0.714. The fourth-order valence-electron chi connectivity index (χ4n) is 2.83. The quantitative estimate of drug-likeness (QED) is 0.773. The maximum atomic E-state index is 12.2. The second kappa shape index (κ2) is 7.91. The number of aromatic nitrogens is 2. The molecule has 0 bridgehead atoms. The van der Waals surface area contributed by atoms with Crippen LogP contribution < -0.4 is 16.6 Å². The van der Waals surface area contributed by atoms with Gasteiger partial charge in [-0.25, -0.2) is 4.68 Å². The van der Waals surface area contributed by atoms with Crippen molar-refractivity contribution in [2.45, 2.75) is 38.3 Å². The Hall–Kier alpha value is -0.920. The summed E-state index contributed by atoms with van der Waals surface area (Å²) >= 11 is 3.37. The largest absolute Gasteiger partial charge is 0.383 e. The van der Waals surface area contributed by atoms with Crippen LogP contribution in [-0.2, 0) is 11.3 Å². The predicted molar refractivity (Wildman–Crippen MR) is 86.5 cm³/mol. The summed E-state index contributed by atoms with van der Waals surface area (Å²) < 4.78 is 6.87. The highest BCUT2D eigenvalue weighted by molar-refractivity contribution is 9.10. The molecule has 21 heavy (non-hydrogen) atoms. The number of halogens is 1. The number of nitrogens with one attached hydrogen (secondary N) is 1. The van der Waals surface area contributed by atoms with Crippen molar-refractivity contribution >= 4 is 21.6 Å². The lowest BCUT2D eigenvalue weighted by molar-refractivity contribution is 0.181. The van der Waals surface area contributed by atoms with Crippen molar-refractivity contribution in [3.05, 3.63) is 21.0 Å². The van der Waals surface area contributed by atoms with Crippen LogP contribution in [0.1, 0.15) is 25.7 Å². The molecule has 7 heteroatoms. The van der Waals surface area contributed by atoms with Crippen LogP contribution in [-0.4, -0.2) is 36.1 Å². The Bertz CT molecular complexity index is 514. The van der Waals surface area contributed by atoms with E-state index in [0.717, 1.165) is 5.69 Å². The number of rotatable bonds is 7. The SMILES string of the molecule is COCCn1ncc(NC(CN)C2CCCC2)c(Br)c1=O. The Morgan fingerprint density at radius 2 is 2.29 bits per heavy atom. The molecule has 1 aromatic heterocycles. The van der Waals surface area contributed by atoms with Gasteiger partial charge in [-0.1, -0.05) is 12.8 Å². The smallest absolute Gasteiger partial charge is 0.283 e. The van der Waals surface area contributed by atoms with Gasteiger partial charge in [-0.2, -0.15) is 5.10 Å². The van der Waals surface area contributed by atoms with E-state index in [-0.39, 0.29) is 11.6 Å². The van der Waals surface area contributed by atoms with Gasteiger partial charge in [-0.15, -0.1) is 0 Å². The van der Waals surface area contributed by atoms with Gasteiger partial charge >= 0.3 is 0 Å². The molecule has 6 nitrogen and oxygen atoms in total. The summed E-state index contributed by atoms with van der Waals surface area (Å²) in [6, 6.07) is 0.194. The number of hydrogen-bond acceptors (Lipinski definition) is 5. The van der Waals surface area contributed by atoms with E-state index in [9.17, 15) is 4.79 Å². The minimum absolute atomic E-state index is 0.153. The maximum Gasteiger partial charge on any atom is 0.283 e. The van der Waals surface area contributed by atoms with Crippen LogP contribution in [0, 0.1) is 5.92 Å². The zero-order valence-electron chi connectivity index (χ0n) is 12.3. The van der Waals surface area contributed by atoms with Crippen molar-refractivity contribution in [2.24, 2.45) is 11.7 Å². The van der Waals surface area contributed by atoms with E-state index >= 15 is 0 Å². The Labute approximate surface area is 133 Å². The molecule has 1 aliphatic rings. The summed E-state index contributed by atoms with van der Waals surface area (Å²) in [7, 11) is 1.60. The summed E-state index contributed by atoms with van der Waals surface area (Å²) in [5.41, 5.74) is 6.45. The standard InChI is InChI=1S/C14H23BrN4O2/c1-21-7-6-19-14(20)13(15)12(9-17-19)18-11(8-16)10-4-2-3-5-10/h9-11,18H,2-8,16H2,1H3. The molecule has 1 aliphatic carbocycles. The second-order valence-electron chi connectivity index (χ2n) is 5.42. The van der Waals surface area contributed by atoms with E-state index < -0.39 is 0 Å². The van der Waals surface area contributed by atoms with Gasteiger partial charge in [-0.3, -0.25) is 4.79 Å². The topological polar surface area (TPSA) is 82.2 Å². The van der Waals surface area contributed by atoms with Crippen LogP contribution in [0.3, 0.4) is 0 Å². The van der Waals surface area contributed by atoms with Crippen molar-refractivity contribution in [2.75, 3.05) is 25.6 Å². The number of ether oxygens (including phenoxy) is 1. The molecule has 118 valence electrons. The average Bonchev–Trinajstić information content (AvgIpc) is 3.02. The van der Waals surface area contributed by atoms with Crippen molar-refractivity contribution in [1.29, 1.82) is 0 Å². The van der Waals surface area contributed by atoms with Crippen molar-refractivity contribution in [3.63, 3.8) is 0 Å². The third kappa shape index (κ3) is 4.05. The van der Waals surface area contributed by atoms with E-state index in [0.29, 0.717) is 30.1 Å². The highest BCUT2D eigenvalue weighted by atomic mass is 79.9. The lowest BCUT2D eigenvalue weighted by Crippen LogP contribution is -2.36. The van der Waals surface area contributed by atoms with Gasteiger partial charge in [0.05, 0.1) is 25.0 Å². The average molecular weight is 359 g/mol. The second-order valence-corrected chi connectivity index (χ2v) is 6.22. The zero-order valence-corrected chi connectivity index (χ0v) is 13.9. The third-order valence-corrected chi connectivity index (χ3v) is 4.82. The van der Waals surface area contributed by atoms with Crippen LogP contribution in [0.15, 0.2) is 15.5 Å². The Kier molecular flexibility index (Phi) is 6.20. The maximum absolute atomic E-state index is 12.2. The first-order valence-electron chi connectivity index (χ1n) is 7.38. The summed E-state index contributed by atoms with van der Waals surface area (Å²) in [5, 5.41) is 7.57. The van der Waals surface area contributed by atoms with Gasteiger partial charge in [-0.05, 0) is 34.7 Å². The number of hydrogen-bond donors (Lipinski definition) is 2. The molecule has 2 rings (SSSR count). The van der Waals surface area contributed by atoms with E-state index in [1.807, 2.05) is 0 Å². The third-order valence-electron chi connectivity index (χ3n) is 4.06. The number of nitrogens with zero attached hydrogens (tertiary/aromatic N) is 2. The highest BCUT2D eigenvalue weighted by Gasteiger charge is 2.24. The Morgan fingerprint density at radius 1 is 1.57 bits per heavy atom. The van der Waals surface area contributed by atoms with Gasteiger partial charge in [0.25, 0.3) is 5.56 Å². The lowest BCUT2D eigenvalue weighted by Gasteiger charge is -2.24. The van der Waals surface area contributed by atoms with Crippen LogP contribution in [0.25, 0.3) is 0 Å². The van der Waals surface area contributed by atoms with Gasteiger partial charge < -0.3 is 15.8 Å². The van der Waals surface area contributed by atoms with E-state index in [1.165, 1.54) is 30.4 Å². The molecule has 1 fully saturated rings. The van der Waals surface area contributed by atoms with Crippen molar-refractivity contribution in [3.8, 4) is 0 Å². The molecule has 3 N–H and O–H groups in total. The molecule has 0 aliphatic heterocycles. The van der Waals surface area contributed by atoms with E-state index in [4.69, 9.17) is 10.5 Å². The molecular weight excluding hydrogens is 336 g/mol. The molecule has 0 radical (unpaired) electrons. The molecule has 1 aromatic rings. The summed E-state index contributed by atoms with van der Waals surface area (Å²) in [4.78, 5) is 12.2. The van der Waals surface area contributed by atoms with Crippen molar-refractivity contribution < 1.29 is 4.74 Å². The Balaban J connectivity index is 2.12. The molecule has 1 atom stereocenters. The molecule has 0 amide bonds. The number of anilines is 1. The molecule has 1 unspecified atom stereocenters. The zero-order chi connectivity index (χ0) is 15.2. The van der Waals surface area contributed by atoms with Gasteiger partial charge in [0.2, 0.25) is 0 Å². The first-order valence-corrected chi connectivity index (χ1v) is 8.17. The van der Waals surface area contributed by atoms with Crippen molar-refractivity contribution in [1.82, 2.24) is 9.78 Å². The van der Waals surface area contributed by atoms with Crippen LogP contribution in [0.5, 0.6) is 0 Å². The van der Waals surface area contributed by atoms with E-state index in [2.05, 4.69) is 26.3 Å². The molecule has 0 spiro atoms. The molecule has 1 saturated carbocycles. The monoisotopic (exact) mass is 358 g/mol. The minimum Gasteiger partial charge on any atom is -0.383 e. The van der Waals surface area contributed by atoms with Crippen LogP contribution in [0.2, 0.25) is 0 Å². The summed E-state index contributed by atoms with van der Waals surface area (Å²) in [6.07, 6.45) is 6.61. The molecule has 0 aromatic carbocycles. The predicted octanol–water partition coefficient (Wildman–Crippen LogP) is 1.58. The Morgan fingerprint density at radius 3 is 2.90 bits per heavy atom. The van der Waals surface area contributed by atoms with Gasteiger partial charge in [0.1, 0.15) is 4.47 Å². The molecule has 1 heterocycles. The summed E-state index contributed by atoms with van der Waals surface area (Å²) in [6.45, 7) is 1.46. The van der Waals surface area contributed by atoms with Gasteiger partial charge in [0.15, 0.2) is 0 Å². The van der Waals surface area contributed by atoms with E-state index in [1.54, 1.807) is 13.3 Å². The first-order chi connectivity index (χ1) is 10.2.